The fourth-order valence-corrected chi connectivity index (χ4v) is 7.79. The van der Waals surface area contributed by atoms with Gasteiger partial charge in [0.15, 0.2) is 0 Å². The molecule has 49 heavy (non-hydrogen) atoms. The number of aromatic carboxylic acids is 2. The second kappa shape index (κ2) is 12.0. The van der Waals surface area contributed by atoms with E-state index in [0.717, 1.165) is 28.6 Å². The molecule has 2 N–H and O–H groups in total. The summed E-state index contributed by atoms with van der Waals surface area (Å²) in [7, 11) is 0. The average molecular weight is 652 g/mol. The van der Waals surface area contributed by atoms with Gasteiger partial charge in [0.05, 0.1) is 27.7 Å². The summed E-state index contributed by atoms with van der Waals surface area (Å²) in [6.07, 6.45) is 5.18. The quantitative estimate of drug-likeness (QED) is 0.172. The Hall–Kier alpha value is -5.76. The highest BCUT2D eigenvalue weighted by molar-refractivity contribution is 6.01. The maximum absolute atomic E-state index is 14.5. The summed E-state index contributed by atoms with van der Waals surface area (Å²) in [5.74, 6) is -1.46. The van der Waals surface area contributed by atoms with Gasteiger partial charge in [0.2, 0.25) is 0 Å². The molecule has 4 aromatic carbocycles. The molecule has 246 valence electrons. The summed E-state index contributed by atoms with van der Waals surface area (Å²) in [5.41, 5.74) is 6.86. The van der Waals surface area contributed by atoms with Gasteiger partial charge in [-0.2, -0.15) is 0 Å². The number of hydrogen-bond donors (Lipinski definition) is 2. The van der Waals surface area contributed by atoms with Crippen LogP contribution in [0.25, 0.3) is 28.0 Å². The van der Waals surface area contributed by atoms with E-state index < -0.39 is 11.9 Å². The number of carboxylic acids is 2. The third kappa shape index (κ3) is 5.63. The summed E-state index contributed by atoms with van der Waals surface area (Å²) in [5, 5.41) is 19.0. The standard InChI is InChI=1S/C41H37N3O5/c1-40(2)32(27-13-15-28(16-14-27)38(46)47)19-21-41(3)25-43(22-20-35(40)41)37(45)31-12-8-7-11-30(31)36-42-33-23-29(39(48)49)17-18-34(33)44(36)24-26-9-5-4-6-10-26/h4-20,23H,21-22,24-25H2,1-3H3,(H,46,47)(H,48,49)/t41-/m1/s1. The Kier molecular flexibility index (Phi) is 7.82. The van der Waals surface area contributed by atoms with Gasteiger partial charge < -0.3 is 19.7 Å². The zero-order valence-corrected chi connectivity index (χ0v) is 27.7. The maximum atomic E-state index is 14.5. The van der Waals surface area contributed by atoms with Gasteiger partial charge in [-0.05, 0) is 59.5 Å². The van der Waals surface area contributed by atoms with Crippen molar-refractivity contribution in [3.05, 3.63) is 143 Å². The number of carbonyl (C=O) groups excluding carboxylic acids is 1. The molecule has 0 bridgehead atoms. The molecule has 1 aliphatic carbocycles. The van der Waals surface area contributed by atoms with E-state index in [1.165, 1.54) is 5.57 Å². The molecule has 2 heterocycles. The highest BCUT2D eigenvalue weighted by Crippen LogP contribution is 2.55. The van der Waals surface area contributed by atoms with Gasteiger partial charge in [-0.3, -0.25) is 4.79 Å². The van der Waals surface area contributed by atoms with Crippen LogP contribution in [0.1, 0.15) is 69.4 Å². The van der Waals surface area contributed by atoms with Crippen LogP contribution in [-0.4, -0.2) is 55.6 Å². The van der Waals surface area contributed by atoms with Gasteiger partial charge in [0.1, 0.15) is 5.82 Å². The lowest BCUT2D eigenvalue weighted by molar-refractivity contribution is 0.0678. The zero-order valence-electron chi connectivity index (χ0n) is 27.7. The van der Waals surface area contributed by atoms with Crippen LogP contribution < -0.4 is 0 Å². The molecule has 0 spiro atoms. The molecule has 2 aliphatic rings. The lowest BCUT2D eigenvalue weighted by Crippen LogP contribution is -2.48. The topological polar surface area (TPSA) is 113 Å². The highest BCUT2D eigenvalue weighted by Gasteiger charge is 2.46. The minimum Gasteiger partial charge on any atom is -0.478 e. The molecule has 1 atom stereocenters. The third-order valence-electron chi connectivity index (χ3n) is 10.1. The first-order valence-corrected chi connectivity index (χ1v) is 16.4. The number of carbonyl (C=O) groups is 3. The molecular formula is C41H37N3O5. The lowest BCUT2D eigenvalue weighted by atomic mass is 9.58. The number of fused-ring (bicyclic) bond motifs is 2. The van der Waals surface area contributed by atoms with E-state index in [2.05, 4.69) is 37.5 Å². The first-order valence-electron chi connectivity index (χ1n) is 16.4. The Morgan fingerprint density at radius 1 is 0.796 bits per heavy atom. The molecule has 0 saturated heterocycles. The third-order valence-corrected chi connectivity index (χ3v) is 10.1. The van der Waals surface area contributed by atoms with Crippen molar-refractivity contribution < 1.29 is 24.6 Å². The van der Waals surface area contributed by atoms with Crippen LogP contribution in [0.5, 0.6) is 0 Å². The number of carboxylic acid groups (broad SMARTS) is 2. The molecule has 8 heteroatoms. The minimum atomic E-state index is -1.02. The first kappa shape index (κ1) is 31.8. The Bertz CT molecular complexity index is 2190. The van der Waals surface area contributed by atoms with Crippen LogP contribution >= 0.6 is 0 Å². The summed E-state index contributed by atoms with van der Waals surface area (Å²) >= 11 is 0. The monoisotopic (exact) mass is 651 g/mol. The van der Waals surface area contributed by atoms with Gasteiger partial charge in [-0.1, -0.05) is 99.2 Å². The predicted molar refractivity (Wildman–Crippen MR) is 190 cm³/mol. The SMILES string of the molecule is CC1(C)C(c2ccc(C(=O)O)cc2)=CC[C@]2(C)CN(C(=O)c3ccccc3-c3nc4cc(C(=O)O)ccc4n3Cc3ccccc3)CC=C12. The van der Waals surface area contributed by atoms with Crippen molar-refractivity contribution in [3.63, 3.8) is 0 Å². The zero-order chi connectivity index (χ0) is 34.5. The number of hydrogen-bond acceptors (Lipinski definition) is 4. The van der Waals surface area contributed by atoms with Gasteiger partial charge in [0.25, 0.3) is 5.91 Å². The molecule has 1 amide bonds. The number of nitrogens with zero attached hydrogens (tertiary/aromatic N) is 3. The fourth-order valence-electron chi connectivity index (χ4n) is 7.79. The van der Waals surface area contributed by atoms with Crippen molar-refractivity contribution in [1.29, 1.82) is 0 Å². The van der Waals surface area contributed by atoms with E-state index in [-0.39, 0.29) is 27.9 Å². The maximum Gasteiger partial charge on any atom is 0.335 e. The van der Waals surface area contributed by atoms with E-state index in [9.17, 15) is 24.6 Å². The van der Waals surface area contributed by atoms with Crippen LogP contribution in [0.3, 0.4) is 0 Å². The lowest BCUT2D eigenvalue weighted by Gasteiger charge is -2.50. The smallest absolute Gasteiger partial charge is 0.335 e. The minimum absolute atomic E-state index is 0.0893. The molecule has 8 nitrogen and oxygen atoms in total. The molecular weight excluding hydrogens is 614 g/mol. The van der Waals surface area contributed by atoms with Gasteiger partial charge >= 0.3 is 11.9 Å². The Morgan fingerprint density at radius 3 is 2.18 bits per heavy atom. The van der Waals surface area contributed by atoms with Crippen LogP contribution in [0.4, 0.5) is 0 Å². The summed E-state index contributed by atoms with van der Waals surface area (Å²) in [6.45, 7) is 8.11. The average Bonchev–Trinajstić information content (AvgIpc) is 3.45. The normalized spacial score (nSPS) is 18.4. The van der Waals surface area contributed by atoms with Crippen molar-refractivity contribution in [2.75, 3.05) is 13.1 Å². The first-order chi connectivity index (χ1) is 23.5. The van der Waals surface area contributed by atoms with E-state index >= 15 is 0 Å². The Labute approximate surface area is 284 Å². The van der Waals surface area contributed by atoms with Crippen LogP contribution in [0.2, 0.25) is 0 Å². The number of benzene rings is 4. The summed E-state index contributed by atoms with van der Waals surface area (Å²) in [6, 6.07) is 29.5. The number of rotatable bonds is 7. The second-order valence-electron chi connectivity index (χ2n) is 13.8. The highest BCUT2D eigenvalue weighted by atomic mass is 16.4. The van der Waals surface area contributed by atoms with E-state index in [1.807, 2.05) is 71.6 Å². The van der Waals surface area contributed by atoms with E-state index in [1.54, 1.807) is 30.3 Å². The van der Waals surface area contributed by atoms with Gasteiger partial charge in [-0.25, -0.2) is 14.6 Å². The molecule has 0 radical (unpaired) electrons. The molecule has 0 saturated carbocycles. The van der Waals surface area contributed by atoms with Crippen LogP contribution in [-0.2, 0) is 6.54 Å². The van der Waals surface area contributed by atoms with E-state index in [0.29, 0.717) is 42.1 Å². The van der Waals surface area contributed by atoms with Crippen molar-refractivity contribution >= 4 is 34.5 Å². The largest absolute Gasteiger partial charge is 0.478 e. The fraction of sp³-hybridized carbons (Fsp3) is 0.220. The molecule has 0 unspecified atom stereocenters. The van der Waals surface area contributed by atoms with E-state index in [4.69, 9.17) is 4.98 Å². The van der Waals surface area contributed by atoms with Crippen molar-refractivity contribution in [2.45, 2.75) is 33.7 Å². The molecule has 5 aromatic rings. The van der Waals surface area contributed by atoms with Gasteiger partial charge in [0, 0.05) is 36.0 Å². The molecule has 1 aromatic heterocycles. The number of amides is 1. The van der Waals surface area contributed by atoms with Crippen molar-refractivity contribution in [3.8, 4) is 11.4 Å². The second-order valence-corrected chi connectivity index (χ2v) is 13.8. The van der Waals surface area contributed by atoms with Crippen LogP contribution in [0.15, 0.2) is 115 Å². The molecule has 1 aliphatic heterocycles. The summed E-state index contributed by atoms with van der Waals surface area (Å²) < 4.78 is 2.05. The Morgan fingerprint density at radius 2 is 1.47 bits per heavy atom. The molecule has 0 fully saturated rings. The molecule has 7 rings (SSSR count). The predicted octanol–water partition coefficient (Wildman–Crippen LogP) is 8.05. The van der Waals surface area contributed by atoms with Gasteiger partial charge in [-0.15, -0.1) is 0 Å². The number of imidazole rings is 1. The number of allylic oxidation sites excluding steroid dienone is 2. The van der Waals surface area contributed by atoms with Crippen molar-refractivity contribution in [1.82, 2.24) is 14.5 Å². The summed E-state index contributed by atoms with van der Waals surface area (Å²) in [4.78, 5) is 44.6. The van der Waals surface area contributed by atoms with Crippen molar-refractivity contribution in [2.24, 2.45) is 10.8 Å². The number of aromatic nitrogens is 2. The van der Waals surface area contributed by atoms with Crippen LogP contribution in [0, 0.1) is 10.8 Å². The Balaban J connectivity index is 1.23.